The minimum absolute atomic E-state index is 0.479. The molecule has 80 valence electrons. The normalized spacial score (nSPS) is 22.6. The lowest BCUT2D eigenvalue weighted by Crippen LogP contribution is -2.09. The van der Waals surface area contributed by atoms with Gasteiger partial charge in [-0.15, -0.1) is 0 Å². The number of carbonyl (C=O) groups is 1. The van der Waals surface area contributed by atoms with Gasteiger partial charge < -0.3 is 4.74 Å². The average Bonchev–Trinajstić information content (AvgIpc) is 2.81. The molecule has 0 aliphatic carbocycles. The van der Waals surface area contributed by atoms with Crippen LogP contribution in [0.4, 0.5) is 0 Å². The van der Waals surface area contributed by atoms with Crippen molar-refractivity contribution >= 4 is 6.29 Å². The Morgan fingerprint density at radius 1 is 1.53 bits per heavy atom. The molecule has 2 heteroatoms. The van der Waals surface area contributed by atoms with E-state index in [2.05, 4.69) is 13.0 Å². The fourth-order valence-corrected chi connectivity index (χ4v) is 2.13. The van der Waals surface area contributed by atoms with Crippen LogP contribution in [0.15, 0.2) is 24.3 Å². The predicted octanol–water partition coefficient (Wildman–Crippen LogP) is 2.64. The van der Waals surface area contributed by atoms with E-state index >= 15 is 0 Å². The van der Waals surface area contributed by atoms with Crippen molar-refractivity contribution in [3.05, 3.63) is 35.4 Å². The van der Waals surface area contributed by atoms with E-state index in [0.717, 1.165) is 31.5 Å². The SMILES string of the molecule is CC(c1cccc(C=O)c1)C1CCOC1. The van der Waals surface area contributed by atoms with E-state index in [9.17, 15) is 4.79 Å². The highest BCUT2D eigenvalue weighted by atomic mass is 16.5. The molecular weight excluding hydrogens is 188 g/mol. The third-order valence-electron chi connectivity index (χ3n) is 3.24. The number of hydrogen-bond donors (Lipinski definition) is 0. The van der Waals surface area contributed by atoms with Gasteiger partial charge >= 0.3 is 0 Å². The number of rotatable bonds is 3. The maximum Gasteiger partial charge on any atom is 0.150 e. The van der Waals surface area contributed by atoms with Gasteiger partial charge in [0.25, 0.3) is 0 Å². The summed E-state index contributed by atoms with van der Waals surface area (Å²) in [7, 11) is 0. The Morgan fingerprint density at radius 3 is 3.07 bits per heavy atom. The first-order chi connectivity index (χ1) is 7.31. The van der Waals surface area contributed by atoms with Crippen molar-refractivity contribution in [2.24, 2.45) is 5.92 Å². The second kappa shape index (κ2) is 4.58. The van der Waals surface area contributed by atoms with E-state index in [4.69, 9.17) is 4.74 Å². The predicted molar refractivity (Wildman–Crippen MR) is 59.2 cm³/mol. The molecule has 2 nitrogen and oxygen atoms in total. The summed E-state index contributed by atoms with van der Waals surface area (Å²) in [6.45, 7) is 3.94. The highest BCUT2D eigenvalue weighted by Crippen LogP contribution is 2.30. The summed E-state index contributed by atoms with van der Waals surface area (Å²) in [4.78, 5) is 10.7. The average molecular weight is 204 g/mol. The molecule has 1 aromatic carbocycles. The monoisotopic (exact) mass is 204 g/mol. The van der Waals surface area contributed by atoms with Crippen LogP contribution >= 0.6 is 0 Å². The molecule has 1 aliphatic rings. The molecule has 1 aliphatic heterocycles. The van der Waals surface area contributed by atoms with E-state index in [-0.39, 0.29) is 0 Å². The first-order valence-corrected chi connectivity index (χ1v) is 5.44. The first-order valence-electron chi connectivity index (χ1n) is 5.44. The number of carbonyl (C=O) groups excluding carboxylic acids is 1. The van der Waals surface area contributed by atoms with Gasteiger partial charge in [0.15, 0.2) is 0 Å². The molecule has 0 amide bonds. The maximum absolute atomic E-state index is 10.7. The molecule has 1 heterocycles. The topological polar surface area (TPSA) is 26.3 Å². The minimum Gasteiger partial charge on any atom is -0.381 e. The van der Waals surface area contributed by atoms with Crippen molar-refractivity contribution in [1.82, 2.24) is 0 Å². The molecule has 1 saturated heterocycles. The third-order valence-corrected chi connectivity index (χ3v) is 3.24. The molecule has 2 unspecified atom stereocenters. The zero-order chi connectivity index (χ0) is 10.7. The summed E-state index contributed by atoms with van der Waals surface area (Å²) in [5.41, 5.74) is 2.01. The molecule has 0 aromatic heterocycles. The Hall–Kier alpha value is -1.15. The quantitative estimate of drug-likeness (QED) is 0.707. The van der Waals surface area contributed by atoms with Crippen molar-refractivity contribution in [2.75, 3.05) is 13.2 Å². The first kappa shape index (κ1) is 10.4. The zero-order valence-electron chi connectivity index (χ0n) is 8.98. The van der Waals surface area contributed by atoms with Gasteiger partial charge in [-0.2, -0.15) is 0 Å². The summed E-state index contributed by atoms with van der Waals surface area (Å²) >= 11 is 0. The minimum atomic E-state index is 0.479. The number of ether oxygens (including phenoxy) is 1. The maximum atomic E-state index is 10.7. The van der Waals surface area contributed by atoms with E-state index in [0.29, 0.717) is 11.8 Å². The number of hydrogen-bond acceptors (Lipinski definition) is 2. The molecule has 0 bridgehead atoms. The molecule has 0 radical (unpaired) electrons. The van der Waals surface area contributed by atoms with Crippen LogP contribution in [-0.2, 0) is 4.74 Å². The molecule has 0 spiro atoms. The van der Waals surface area contributed by atoms with Crippen molar-refractivity contribution in [2.45, 2.75) is 19.3 Å². The molecule has 1 fully saturated rings. The lowest BCUT2D eigenvalue weighted by molar-refractivity contribution is 0.112. The van der Waals surface area contributed by atoms with Gasteiger partial charge in [-0.1, -0.05) is 25.1 Å². The second-order valence-electron chi connectivity index (χ2n) is 4.20. The highest BCUT2D eigenvalue weighted by Gasteiger charge is 2.23. The van der Waals surface area contributed by atoms with E-state index in [1.807, 2.05) is 18.2 Å². The summed E-state index contributed by atoms with van der Waals surface area (Å²) < 4.78 is 5.39. The Kier molecular flexibility index (Phi) is 3.17. The molecule has 15 heavy (non-hydrogen) atoms. The van der Waals surface area contributed by atoms with Gasteiger partial charge in [-0.3, -0.25) is 4.79 Å². The van der Waals surface area contributed by atoms with Gasteiger partial charge in [-0.05, 0) is 29.9 Å². The van der Waals surface area contributed by atoms with Crippen molar-refractivity contribution in [3.63, 3.8) is 0 Å². The van der Waals surface area contributed by atoms with Crippen molar-refractivity contribution in [3.8, 4) is 0 Å². The Balaban J connectivity index is 2.16. The largest absolute Gasteiger partial charge is 0.381 e. The van der Waals surface area contributed by atoms with Crippen LogP contribution in [0.2, 0.25) is 0 Å². The molecule has 0 N–H and O–H groups in total. The van der Waals surface area contributed by atoms with Crippen LogP contribution in [-0.4, -0.2) is 19.5 Å². The van der Waals surface area contributed by atoms with Gasteiger partial charge in [0.1, 0.15) is 6.29 Å². The highest BCUT2D eigenvalue weighted by molar-refractivity contribution is 5.75. The summed E-state index contributed by atoms with van der Waals surface area (Å²) in [5.74, 6) is 1.08. The molecule has 2 atom stereocenters. The Morgan fingerprint density at radius 2 is 2.40 bits per heavy atom. The molecular formula is C13H16O2. The Bertz CT molecular complexity index is 340. The van der Waals surface area contributed by atoms with Crippen LogP contribution in [0.1, 0.15) is 35.2 Å². The molecule has 2 rings (SSSR count). The van der Waals surface area contributed by atoms with Gasteiger partial charge in [-0.25, -0.2) is 0 Å². The summed E-state index contributed by atoms with van der Waals surface area (Å²) in [6.07, 6.45) is 2.04. The standard InChI is InChI=1S/C13H16O2/c1-10(13-5-6-15-9-13)12-4-2-3-11(7-12)8-14/h2-4,7-8,10,13H,5-6,9H2,1H3. The van der Waals surface area contributed by atoms with Crippen LogP contribution < -0.4 is 0 Å². The fraction of sp³-hybridized carbons (Fsp3) is 0.462. The van der Waals surface area contributed by atoms with Crippen LogP contribution in [0.5, 0.6) is 0 Å². The molecule has 1 aromatic rings. The number of aldehydes is 1. The fourth-order valence-electron chi connectivity index (χ4n) is 2.13. The lowest BCUT2D eigenvalue weighted by Gasteiger charge is -2.18. The molecule has 0 saturated carbocycles. The lowest BCUT2D eigenvalue weighted by atomic mass is 9.86. The van der Waals surface area contributed by atoms with Gasteiger partial charge in [0.2, 0.25) is 0 Å². The van der Waals surface area contributed by atoms with Gasteiger partial charge in [0.05, 0.1) is 6.61 Å². The van der Waals surface area contributed by atoms with Crippen LogP contribution in [0, 0.1) is 5.92 Å². The van der Waals surface area contributed by atoms with Gasteiger partial charge in [0, 0.05) is 12.2 Å². The third kappa shape index (κ3) is 2.26. The van der Waals surface area contributed by atoms with Crippen molar-refractivity contribution in [1.29, 1.82) is 0 Å². The second-order valence-corrected chi connectivity index (χ2v) is 4.20. The van der Waals surface area contributed by atoms with Crippen LogP contribution in [0.25, 0.3) is 0 Å². The van der Waals surface area contributed by atoms with E-state index in [1.54, 1.807) is 0 Å². The smallest absolute Gasteiger partial charge is 0.150 e. The summed E-state index contributed by atoms with van der Waals surface area (Å²) in [5, 5.41) is 0. The van der Waals surface area contributed by atoms with E-state index < -0.39 is 0 Å². The van der Waals surface area contributed by atoms with Crippen LogP contribution in [0.3, 0.4) is 0 Å². The number of benzene rings is 1. The van der Waals surface area contributed by atoms with Crippen molar-refractivity contribution < 1.29 is 9.53 Å². The Labute approximate surface area is 90.3 Å². The summed E-state index contributed by atoms with van der Waals surface area (Å²) in [6, 6.07) is 7.87. The van der Waals surface area contributed by atoms with E-state index in [1.165, 1.54) is 5.56 Å². The zero-order valence-corrected chi connectivity index (χ0v) is 8.98.